The van der Waals surface area contributed by atoms with Gasteiger partial charge >= 0.3 is 0 Å². The van der Waals surface area contributed by atoms with Crippen molar-refractivity contribution in [2.24, 2.45) is 7.05 Å². The van der Waals surface area contributed by atoms with E-state index in [1.165, 1.54) is 0 Å². The van der Waals surface area contributed by atoms with Crippen molar-refractivity contribution in [3.63, 3.8) is 0 Å². The number of hydrogen-bond acceptors (Lipinski definition) is 4. The van der Waals surface area contributed by atoms with E-state index < -0.39 is 0 Å². The van der Waals surface area contributed by atoms with Gasteiger partial charge in [0.2, 0.25) is 0 Å². The predicted molar refractivity (Wildman–Crippen MR) is 134 cm³/mol. The summed E-state index contributed by atoms with van der Waals surface area (Å²) >= 11 is 0. The van der Waals surface area contributed by atoms with Crippen molar-refractivity contribution in [1.82, 2.24) is 23.6 Å². The maximum atomic E-state index is 13.1. The molecule has 0 atom stereocenters. The molecular formula is C27H25N5O3. The monoisotopic (exact) mass is 467 g/mol. The number of hydrogen-bond donors (Lipinski definition) is 0. The van der Waals surface area contributed by atoms with Gasteiger partial charge in [0.1, 0.15) is 23.7 Å². The fourth-order valence-corrected chi connectivity index (χ4v) is 4.99. The minimum absolute atomic E-state index is 0.159. The molecule has 4 heterocycles. The van der Waals surface area contributed by atoms with Crippen molar-refractivity contribution in [1.29, 1.82) is 0 Å². The second-order valence-electron chi connectivity index (χ2n) is 8.85. The van der Waals surface area contributed by atoms with E-state index in [4.69, 9.17) is 4.74 Å². The van der Waals surface area contributed by atoms with Crippen molar-refractivity contribution in [2.45, 2.75) is 13.5 Å². The Hall–Kier alpha value is -4.33. The molecule has 176 valence electrons. The summed E-state index contributed by atoms with van der Waals surface area (Å²) in [7, 11) is 2.06. The number of para-hydroxylation sites is 1. The van der Waals surface area contributed by atoms with Crippen LogP contribution >= 0.6 is 0 Å². The molecule has 8 nitrogen and oxygen atoms in total. The van der Waals surface area contributed by atoms with Crippen LogP contribution in [0.5, 0.6) is 5.75 Å². The third kappa shape index (κ3) is 3.41. The SMILES string of the molecule is Cc1cn(-c2ccc3n(c2=O)CCN(CCOc2cccc4c2c2ccccc2n4C)C3=O)cn1. The van der Waals surface area contributed by atoms with Crippen molar-refractivity contribution in [3.8, 4) is 11.4 Å². The number of amides is 1. The van der Waals surface area contributed by atoms with E-state index in [0.29, 0.717) is 37.6 Å². The lowest BCUT2D eigenvalue weighted by Gasteiger charge is -2.29. The van der Waals surface area contributed by atoms with Crippen LogP contribution in [-0.4, -0.2) is 49.2 Å². The minimum atomic E-state index is -0.188. The van der Waals surface area contributed by atoms with Crippen LogP contribution < -0.4 is 10.3 Å². The quantitative estimate of drug-likeness (QED) is 0.396. The molecule has 0 spiro atoms. The Morgan fingerprint density at radius 2 is 1.80 bits per heavy atom. The number of nitrogens with zero attached hydrogens (tertiary/aromatic N) is 5. The molecule has 5 aromatic rings. The van der Waals surface area contributed by atoms with Gasteiger partial charge in [-0.1, -0.05) is 24.3 Å². The van der Waals surface area contributed by atoms with Gasteiger partial charge in [0.15, 0.2) is 0 Å². The average molecular weight is 468 g/mol. The summed E-state index contributed by atoms with van der Waals surface area (Å²) < 4.78 is 11.6. The molecule has 0 fully saturated rings. The Bertz CT molecular complexity index is 1660. The lowest BCUT2D eigenvalue weighted by Crippen LogP contribution is -2.46. The zero-order chi connectivity index (χ0) is 24.1. The summed E-state index contributed by atoms with van der Waals surface area (Å²) in [5.74, 6) is 0.648. The van der Waals surface area contributed by atoms with E-state index in [9.17, 15) is 9.59 Å². The van der Waals surface area contributed by atoms with Gasteiger partial charge in [0, 0.05) is 42.6 Å². The van der Waals surface area contributed by atoms with Gasteiger partial charge < -0.3 is 23.3 Å². The summed E-state index contributed by atoms with van der Waals surface area (Å²) in [4.78, 5) is 32.1. The minimum Gasteiger partial charge on any atom is -0.491 e. The number of fused-ring (bicyclic) bond motifs is 4. The number of aromatic nitrogens is 4. The van der Waals surface area contributed by atoms with E-state index in [1.54, 1.807) is 38.7 Å². The second-order valence-corrected chi connectivity index (χ2v) is 8.85. The Labute approximate surface area is 201 Å². The largest absolute Gasteiger partial charge is 0.491 e. The molecule has 1 amide bonds. The fraction of sp³-hybridized carbons (Fsp3) is 0.222. The Morgan fingerprint density at radius 1 is 0.971 bits per heavy atom. The molecule has 0 bridgehead atoms. The van der Waals surface area contributed by atoms with Crippen molar-refractivity contribution in [3.05, 3.63) is 88.9 Å². The highest BCUT2D eigenvalue weighted by molar-refractivity contribution is 6.11. The van der Waals surface area contributed by atoms with Gasteiger partial charge in [-0.25, -0.2) is 4.98 Å². The number of benzene rings is 2. The zero-order valence-electron chi connectivity index (χ0n) is 19.6. The number of carbonyl (C=O) groups excluding carboxylic acids is 1. The third-order valence-electron chi connectivity index (χ3n) is 6.76. The summed E-state index contributed by atoms with van der Waals surface area (Å²) in [5, 5.41) is 2.22. The summed E-state index contributed by atoms with van der Waals surface area (Å²) in [6.07, 6.45) is 3.41. The second kappa shape index (κ2) is 8.16. The van der Waals surface area contributed by atoms with Crippen molar-refractivity contribution in [2.75, 3.05) is 19.7 Å². The first kappa shape index (κ1) is 21.2. The lowest BCUT2D eigenvalue weighted by molar-refractivity contribution is 0.0673. The molecule has 1 aliphatic heterocycles. The molecule has 0 radical (unpaired) electrons. The van der Waals surface area contributed by atoms with Crippen LogP contribution in [-0.2, 0) is 13.6 Å². The van der Waals surface area contributed by atoms with Gasteiger partial charge in [-0.15, -0.1) is 0 Å². The molecule has 0 unspecified atom stereocenters. The van der Waals surface area contributed by atoms with Crippen LogP contribution in [0.2, 0.25) is 0 Å². The molecule has 0 N–H and O–H groups in total. The summed E-state index contributed by atoms with van der Waals surface area (Å²) in [6.45, 7) is 3.58. The normalized spacial score (nSPS) is 13.5. The summed E-state index contributed by atoms with van der Waals surface area (Å²) in [5.41, 5.74) is 3.78. The van der Waals surface area contributed by atoms with E-state index in [0.717, 1.165) is 33.2 Å². The third-order valence-corrected chi connectivity index (χ3v) is 6.76. The van der Waals surface area contributed by atoms with Crippen LogP contribution in [0.15, 0.2) is 71.9 Å². The van der Waals surface area contributed by atoms with E-state index in [1.807, 2.05) is 31.2 Å². The molecule has 0 saturated carbocycles. The number of ether oxygens (including phenoxy) is 1. The molecule has 0 aliphatic carbocycles. The molecule has 6 rings (SSSR count). The van der Waals surface area contributed by atoms with Gasteiger partial charge in [0.25, 0.3) is 11.5 Å². The average Bonchev–Trinajstić information content (AvgIpc) is 3.43. The first-order valence-electron chi connectivity index (χ1n) is 11.7. The Morgan fingerprint density at radius 3 is 2.63 bits per heavy atom. The zero-order valence-corrected chi connectivity index (χ0v) is 19.6. The van der Waals surface area contributed by atoms with E-state index >= 15 is 0 Å². The maximum absolute atomic E-state index is 13.1. The van der Waals surface area contributed by atoms with Crippen molar-refractivity contribution >= 4 is 27.7 Å². The molecule has 0 saturated heterocycles. The lowest BCUT2D eigenvalue weighted by atomic mass is 10.1. The van der Waals surface area contributed by atoms with E-state index in [-0.39, 0.29) is 11.5 Å². The predicted octanol–water partition coefficient (Wildman–Crippen LogP) is 3.52. The first-order valence-corrected chi connectivity index (χ1v) is 11.7. The highest BCUT2D eigenvalue weighted by Gasteiger charge is 2.26. The van der Waals surface area contributed by atoms with Crippen LogP contribution in [0.4, 0.5) is 0 Å². The number of imidazole rings is 1. The van der Waals surface area contributed by atoms with Gasteiger partial charge in [-0.05, 0) is 37.3 Å². The summed E-state index contributed by atoms with van der Waals surface area (Å²) in [6, 6.07) is 17.7. The van der Waals surface area contributed by atoms with E-state index in [2.05, 4.69) is 34.8 Å². The Kier molecular flexibility index (Phi) is 4.95. The topological polar surface area (TPSA) is 74.3 Å². The number of aryl methyl sites for hydroxylation is 2. The smallest absolute Gasteiger partial charge is 0.275 e. The molecule has 8 heteroatoms. The van der Waals surface area contributed by atoms with Gasteiger partial charge in [0.05, 0.1) is 24.1 Å². The highest BCUT2D eigenvalue weighted by atomic mass is 16.5. The van der Waals surface area contributed by atoms with Crippen molar-refractivity contribution < 1.29 is 9.53 Å². The van der Waals surface area contributed by atoms with Crippen LogP contribution in [0.3, 0.4) is 0 Å². The number of rotatable bonds is 5. The van der Waals surface area contributed by atoms with Gasteiger partial charge in [-0.3, -0.25) is 9.59 Å². The van der Waals surface area contributed by atoms with Crippen LogP contribution in [0.1, 0.15) is 16.2 Å². The number of carbonyl (C=O) groups is 1. The standard InChI is InChI=1S/C27H25N5O3/c1-18-16-31(17-28-18)22-10-11-23-26(33)30(12-13-32(23)27(22)34)14-15-35-24-9-5-8-21-25(24)19-6-3-4-7-20(19)29(21)2/h3-11,16-17H,12-15H2,1-2H3. The highest BCUT2D eigenvalue weighted by Crippen LogP contribution is 2.34. The maximum Gasteiger partial charge on any atom is 0.275 e. The van der Waals surface area contributed by atoms with Gasteiger partial charge in [-0.2, -0.15) is 0 Å². The molecular weight excluding hydrogens is 442 g/mol. The molecule has 3 aromatic heterocycles. The number of pyridine rings is 1. The van der Waals surface area contributed by atoms with Crippen LogP contribution in [0, 0.1) is 6.92 Å². The molecule has 2 aromatic carbocycles. The fourth-order valence-electron chi connectivity index (χ4n) is 4.99. The Balaban J connectivity index is 1.21. The first-order chi connectivity index (χ1) is 17.0. The molecule has 35 heavy (non-hydrogen) atoms. The van der Waals surface area contributed by atoms with Crippen LogP contribution in [0.25, 0.3) is 27.5 Å². The molecule has 1 aliphatic rings.